The smallest absolute Gasteiger partial charge is 0.201 e. The fourth-order valence-corrected chi connectivity index (χ4v) is 2.34. The van der Waals surface area contributed by atoms with Gasteiger partial charge in [-0.3, -0.25) is 0 Å². The molecule has 0 unspecified atom stereocenters. The van der Waals surface area contributed by atoms with E-state index in [1.54, 1.807) is 0 Å². The lowest BCUT2D eigenvalue weighted by Crippen LogP contribution is -2.47. The van der Waals surface area contributed by atoms with E-state index in [9.17, 15) is 0 Å². The number of hydrogen-bond acceptors (Lipinski definition) is 3. The maximum Gasteiger partial charge on any atom is 0.201 e. The van der Waals surface area contributed by atoms with Gasteiger partial charge >= 0.3 is 0 Å². The molecule has 4 heteroatoms. The quantitative estimate of drug-likeness (QED) is 0.795. The lowest BCUT2D eigenvalue weighted by atomic mass is 9.95. The first-order chi connectivity index (χ1) is 8.33. The number of anilines is 2. The SMILES string of the molecule is CBN1CCN(c2cccc(NCC)c2)CC1. The van der Waals surface area contributed by atoms with Gasteiger partial charge in [-0.2, -0.15) is 0 Å². The number of nitrogens with one attached hydrogen (secondary N) is 1. The predicted octanol–water partition coefficient (Wildman–Crippen LogP) is 1.64. The van der Waals surface area contributed by atoms with Gasteiger partial charge in [0.15, 0.2) is 0 Å². The first-order valence-electron chi connectivity index (χ1n) is 6.64. The van der Waals surface area contributed by atoms with E-state index in [1.807, 2.05) is 0 Å². The van der Waals surface area contributed by atoms with Crippen LogP contribution in [0.3, 0.4) is 0 Å². The minimum Gasteiger partial charge on any atom is -0.385 e. The number of benzene rings is 1. The summed E-state index contributed by atoms with van der Waals surface area (Å²) in [5, 5.41) is 3.37. The Balaban J connectivity index is 2.00. The Kier molecular flexibility index (Phi) is 4.32. The molecule has 1 aliphatic rings. The van der Waals surface area contributed by atoms with Gasteiger partial charge < -0.3 is 15.0 Å². The maximum absolute atomic E-state index is 3.37. The fourth-order valence-electron chi connectivity index (χ4n) is 2.34. The molecule has 0 bridgehead atoms. The summed E-state index contributed by atoms with van der Waals surface area (Å²) in [6.07, 6.45) is 0. The Labute approximate surface area is 105 Å². The van der Waals surface area contributed by atoms with Crippen LogP contribution in [0.2, 0.25) is 6.82 Å². The lowest BCUT2D eigenvalue weighted by molar-refractivity contribution is 0.408. The van der Waals surface area contributed by atoms with Gasteiger partial charge in [-0.15, -0.1) is 0 Å². The summed E-state index contributed by atoms with van der Waals surface area (Å²) in [6, 6.07) is 8.74. The molecule has 1 aromatic carbocycles. The Bertz CT molecular complexity index is 348. The van der Waals surface area contributed by atoms with E-state index in [0.29, 0.717) is 0 Å². The van der Waals surface area contributed by atoms with Gasteiger partial charge in [0, 0.05) is 44.1 Å². The molecule has 1 saturated heterocycles. The average Bonchev–Trinajstić information content (AvgIpc) is 2.40. The lowest BCUT2D eigenvalue weighted by Gasteiger charge is -2.35. The third kappa shape index (κ3) is 3.16. The summed E-state index contributed by atoms with van der Waals surface area (Å²) in [7, 11) is 1.17. The van der Waals surface area contributed by atoms with Crippen molar-refractivity contribution in [2.24, 2.45) is 0 Å². The van der Waals surface area contributed by atoms with Gasteiger partial charge in [-0.25, -0.2) is 0 Å². The van der Waals surface area contributed by atoms with E-state index in [0.717, 1.165) is 19.6 Å². The van der Waals surface area contributed by atoms with Gasteiger partial charge in [-0.05, 0) is 25.1 Å². The number of nitrogens with zero attached hydrogens (tertiary/aromatic N) is 2. The summed E-state index contributed by atoms with van der Waals surface area (Å²) in [4.78, 5) is 4.98. The van der Waals surface area contributed by atoms with Crippen molar-refractivity contribution in [3.8, 4) is 0 Å². The first kappa shape index (κ1) is 12.3. The molecule has 0 aromatic heterocycles. The third-order valence-corrected chi connectivity index (χ3v) is 3.41. The van der Waals surface area contributed by atoms with Crippen molar-refractivity contribution < 1.29 is 0 Å². The molecule has 1 aliphatic heterocycles. The average molecular weight is 231 g/mol. The van der Waals surface area contributed by atoms with Gasteiger partial charge in [-0.1, -0.05) is 12.9 Å². The van der Waals surface area contributed by atoms with Gasteiger partial charge in [0.25, 0.3) is 0 Å². The van der Waals surface area contributed by atoms with E-state index in [2.05, 4.69) is 53.0 Å². The van der Waals surface area contributed by atoms with Crippen LogP contribution in [0.4, 0.5) is 11.4 Å². The monoisotopic (exact) mass is 231 g/mol. The van der Waals surface area contributed by atoms with Gasteiger partial charge in [0.1, 0.15) is 0 Å². The van der Waals surface area contributed by atoms with Crippen LogP contribution in [0, 0.1) is 0 Å². The molecule has 0 aliphatic carbocycles. The van der Waals surface area contributed by atoms with E-state index < -0.39 is 0 Å². The topological polar surface area (TPSA) is 18.5 Å². The number of hydrogen-bond donors (Lipinski definition) is 1. The van der Waals surface area contributed by atoms with Crippen molar-refractivity contribution >= 4 is 18.8 Å². The third-order valence-electron chi connectivity index (χ3n) is 3.41. The second-order valence-electron chi connectivity index (χ2n) is 4.50. The molecular weight excluding hydrogens is 209 g/mol. The highest BCUT2D eigenvalue weighted by atomic mass is 15.2. The highest BCUT2D eigenvalue weighted by Crippen LogP contribution is 2.20. The zero-order valence-corrected chi connectivity index (χ0v) is 10.9. The van der Waals surface area contributed by atoms with Crippen LogP contribution < -0.4 is 10.2 Å². The highest BCUT2D eigenvalue weighted by Gasteiger charge is 2.15. The molecular formula is C13H22BN3. The molecule has 0 saturated carbocycles. The van der Waals surface area contributed by atoms with E-state index in [4.69, 9.17) is 0 Å². The fraction of sp³-hybridized carbons (Fsp3) is 0.538. The Morgan fingerprint density at radius 2 is 2.00 bits per heavy atom. The Hall–Kier alpha value is -1.16. The molecule has 0 amide bonds. The molecule has 0 spiro atoms. The minimum atomic E-state index is 0.979. The zero-order chi connectivity index (χ0) is 12.1. The maximum atomic E-state index is 3.37. The molecule has 92 valence electrons. The van der Waals surface area contributed by atoms with Crippen LogP contribution in [-0.4, -0.2) is 44.9 Å². The van der Waals surface area contributed by atoms with Crippen molar-refractivity contribution in [2.45, 2.75) is 13.7 Å². The summed E-state index contributed by atoms with van der Waals surface area (Å²) < 4.78 is 0. The van der Waals surface area contributed by atoms with E-state index in [-0.39, 0.29) is 0 Å². The molecule has 17 heavy (non-hydrogen) atoms. The van der Waals surface area contributed by atoms with Crippen LogP contribution in [0.5, 0.6) is 0 Å². The van der Waals surface area contributed by atoms with E-state index in [1.165, 1.54) is 31.9 Å². The van der Waals surface area contributed by atoms with Crippen LogP contribution in [0.25, 0.3) is 0 Å². The van der Waals surface area contributed by atoms with E-state index >= 15 is 0 Å². The summed E-state index contributed by atoms with van der Waals surface area (Å²) in [6.45, 7) is 10.00. The van der Waals surface area contributed by atoms with Crippen LogP contribution >= 0.6 is 0 Å². The molecule has 2 rings (SSSR count). The van der Waals surface area contributed by atoms with Crippen molar-refractivity contribution in [1.82, 2.24) is 4.81 Å². The normalized spacial score (nSPS) is 16.9. The predicted molar refractivity (Wildman–Crippen MR) is 77.4 cm³/mol. The molecule has 0 atom stereocenters. The second kappa shape index (κ2) is 5.96. The zero-order valence-electron chi connectivity index (χ0n) is 10.9. The van der Waals surface area contributed by atoms with Gasteiger partial charge in [0.2, 0.25) is 7.41 Å². The van der Waals surface area contributed by atoms with Crippen LogP contribution in [-0.2, 0) is 0 Å². The summed E-state index contributed by atoms with van der Waals surface area (Å²) in [5.41, 5.74) is 2.57. The number of piperazine rings is 1. The standard InChI is InChI=1S/C13H22BN3/c1-3-15-12-5-4-6-13(11-12)16-7-9-17(14-2)10-8-16/h4-6,11,14-15H,3,7-10H2,1-2H3. The van der Waals surface area contributed by atoms with Gasteiger partial charge in [0.05, 0.1) is 0 Å². The molecule has 1 heterocycles. The van der Waals surface area contributed by atoms with Crippen molar-refractivity contribution in [2.75, 3.05) is 42.9 Å². The van der Waals surface area contributed by atoms with Crippen molar-refractivity contribution in [1.29, 1.82) is 0 Å². The largest absolute Gasteiger partial charge is 0.385 e. The molecule has 1 fully saturated rings. The Morgan fingerprint density at radius 3 is 2.65 bits per heavy atom. The number of rotatable bonds is 4. The molecule has 3 nitrogen and oxygen atoms in total. The Morgan fingerprint density at radius 1 is 1.24 bits per heavy atom. The van der Waals surface area contributed by atoms with Crippen molar-refractivity contribution in [3.05, 3.63) is 24.3 Å². The summed E-state index contributed by atoms with van der Waals surface area (Å²) >= 11 is 0. The minimum absolute atomic E-state index is 0.979. The molecule has 1 N–H and O–H groups in total. The summed E-state index contributed by atoms with van der Waals surface area (Å²) in [5.74, 6) is 0. The highest BCUT2D eigenvalue weighted by molar-refractivity contribution is 6.29. The van der Waals surface area contributed by atoms with Crippen molar-refractivity contribution in [3.63, 3.8) is 0 Å². The molecule has 1 aromatic rings. The first-order valence-corrected chi connectivity index (χ1v) is 6.64. The van der Waals surface area contributed by atoms with Crippen LogP contribution in [0.1, 0.15) is 6.92 Å². The molecule has 0 radical (unpaired) electrons. The van der Waals surface area contributed by atoms with Crippen LogP contribution in [0.15, 0.2) is 24.3 Å². The second-order valence-corrected chi connectivity index (χ2v) is 4.50.